The summed E-state index contributed by atoms with van der Waals surface area (Å²) in [4.78, 5) is 67.9. The van der Waals surface area contributed by atoms with Crippen molar-refractivity contribution >= 4 is 56.7 Å². The molecule has 4 saturated heterocycles. The lowest BCUT2D eigenvalue weighted by Crippen LogP contribution is -2.57. The van der Waals surface area contributed by atoms with Crippen LogP contribution in [0.4, 0.5) is 19.4 Å². The quantitative estimate of drug-likeness (QED) is 0.0974. The minimum absolute atomic E-state index is 0.0308. The predicted molar refractivity (Wildman–Crippen MR) is 308 cm³/mol. The van der Waals surface area contributed by atoms with Gasteiger partial charge < -0.3 is 39.0 Å². The van der Waals surface area contributed by atoms with Crippen molar-refractivity contribution < 1.29 is 47.0 Å². The number of ether oxygens (including phenoxy) is 3. The molecule has 4 unspecified atom stereocenters. The Kier molecular flexibility index (Phi) is 14.9. The Hall–Kier alpha value is -7.96. The molecule has 1 aliphatic carbocycles. The van der Waals surface area contributed by atoms with Crippen LogP contribution in [0.1, 0.15) is 108 Å². The van der Waals surface area contributed by atoms with E-state index < -0.39 is 23.3 Å². The van der Waals surface area contributed by atoms with Gasteiger partial charge in [0.15, 0.2) is 5.82 Å². The SMILES string of the molecule is C#Cc1c(F)ccc2cc(O)cc(-c3ncc4c(N5CC6CCC(C5)N6C(=O)OC(C)(C)C)nc(OCCN5CCC6(CC5)CC(Oc5cc(CC(=O)N7CCCC7C(=O)NC(C)c7ccc(-c8scnc8C)cc7)on5)C6)nc4c3F)c12. The number of benzene rings is 3. The van der Waals surface area contributed by atoms with Crippen LogP contribution in [-0.2, 0) is 20.7 Å². The van der Waals surface area contributed by atoms with E-state index in [2.05, 4.69) is 36.2 Å². The number of nitrogens with zero attached hydrogens (tertiary/aromatic N) is 9. The van der Waals surface area contributed by atoms with Crippen molar-refractivity contribution in [1.82, 2.24) is 45.1 Å². The van der Waals surface area contributed by atoms with Crippen molar-refractivity contribution in [2.24, 2.45) is 5.41 Å². The molecule has 12 rings (SSSR count). The number of amides is 3. The van der Waals surface area contributed by atoms with Gasteiger partial charge >= 0.3 is 12.1 Å². The van der Waals surface area contributed by atoms with Gasteiger partial charge in [0.1, 0.15) is 58.7 Å². The van der Waals surface area contributed by atoms with Crippen LogP contribution in [0.15, 0.2) is 70.8 Å². The number of rotatable bonds is 14. The van der Waals surface area contributed by atoms with Crippen molar-refractivity contribution in [2.45, 2.75) is 128 Å². The van der Waals surface area contributed by atoms with E-state index in [0.29, 0.717) is 60.8 Å². The number of hydrogen-bond donors (Lipinski definition) is 2. The van der Waals surface area contributed by atoms with Crippen molar-refractivity contribution in [2.75, 3.05) is 50.8 Å². The molecule has 18 nitrogen and oxygen atoms in total. The number of phenolic OH excluding ortho intramolecular Hbond substituents is 1. The van der Waals surface area contributed by atoms with Crippen molar-refractivity contribution in [3.05, 3.63) is 101 Å². The maximum absolute atomic E-state index is 17.3. The fraction of sp³-hybridized carbons (Fsp3) is 0.452. The number of anilines is 1. The number of piperidine rings is 1. The summed E-state index contributed by atoms with van der Waals surface area (Å²) >= 11 is 1.60. The molecule has 5 aliphatic rings. The third-order valence-electron chi connectivity index (χ3n) is 17.2. The first-order chi connectivity index (χ1) is 39.9. The summed E-state index contributed by atoms with van der Waals surface area (Å²) in [7, 11) is 0. The van der Waals surface area contributed by atoms with Gasteiger partial charge in [0.2, 0.25) is 11.8 Å². The fourth-order valence-corrected chi connectivity index (χ4v) is 13.8. The molecule has 1 spiro atoms. The van der Waals surface area contributed by atoms with E-state index in [4.69, 9.17) is 30.1 Å². The molecule has 83 heavy (non-hydrogen) atoms. The zero-order chi connectivity index (χ0) is 57.9. The molecular weight excluding hydrogens is 1080 g/mol. The number of carbonyl (C=O) groups is 3. The van der Waals surface area contributed by atoms with Gasteiger partial charge in [0, 0.05) is 49.4 Å². The second kappa shape index (κ2) is 22.3. The van der Waals surface area contributed by atoms with Crippen LogP contribution in [0.2, 0.25) is 0 Å². The first-order valence-corrected chi connectivity index (χ1v) is 29.4. The Morgan fingerprint density at radius 2 is 1.75 bits per heavy atom. The lowest BCUT2D eigenvalue weighted by atomic mass is 9.61. The molecule has 4 aliphatic heterocycles. The van der Waals surface area contributed by atoms with Crippen LogP contribution in [-0.4, -0.2) is 139 Å². The normalized spacial score (nSPS) is 20.2. The Morgan fingerprint density at radius 1 is 0.988 bits per heavy atom. The number of terminal acetylenes is 1. The average Bonchev–Trinajstić information content (AvgIpc) is 4.50. The Labute approximate surface area is 483 Å². The van der Waals surface area contributed by atoms with E-state index in [9.17, 15) is 19.5 Å². The molecule has 3 aromatic carbocycles. The number of nitrogens with one attached hydrogen (secondary N) is 1. The molecule has 8 heterocycles. The lowest BCUT2D eigenvalue weighted by Gasteiger charge is -2.51. The minimum Gasteiger partial charge on any atom is -0.508 e. The van der Waals surface area contributed by atoms with E-state index in [1.807, 2.05) is 74.2 Å². The number of thiazole rings is 1. The minimum atomic E-state index is -0.824. The van der Waals surface area contributed by atoms with Crippen LogP contribution >= 0.6 is 11.3 Å². The Balaban J connectivity index is 0.659. The zero-order valence-corrected chi connectivity index (χ0v) is 47.9. The van der Waals surface area contributed by atoms with Crippen LogP contribution in [0.25, 0.3) is 43.4 Å². The highest BCUT2D eigenvalue weighted by Crippen LogP contribution is 2.50. The number of halogens is 2. The Bertz CT molecular complexity index is 3660. The highest BCUT2D eigenvalue weighted by atomic mass is 32.1. The van der Waals surface area contributed by atoms with Gasteiger partial charge in [0.25, 0.3) is 5.88 Å². The van der Waals surface area contributed by atoms with Gasteiger partial charge in [-0.05, 0) is 144 Å². The Morgan fingerprint density at radius 3 is 2.46 bits per heavy atom. The van der Waals surface area contributed by atoms with Crippen LogP contribution in [0.3, 0.4) is 0 Å². The van der Waals surface area contributed by atoms with Gasteiger partial charge in [-0.1, -0.05) is 36.3 Å². The first-order valence-electron chi connectivity index (χ1n) is 28.5. The summed E-state index contributed by atoms with van der Waals surface area (Å²) in [6.07, 6.45) is 13.3. The number of likely N-dealkylation sites (tertiary alicyclic amines) is 2. The van der Waals surface area contributed by atoms with Crippen LogP contribution in [0.5, 0.6) is 17.6 Å². The summed E-state index contributed by atoms with van der Waals surface area (Å²) in [5, 5.41) is 19.0. The summed E-state index contributed by atoms with van der Waals surface area (Å²) < 4.78 is 56.4. The number of carbonyl (C=O) groups excluding carboxylic acids is 3. The van der Waals surface area contributed by atoms with Gasteiger partial charge in [-0.25, -0.2) is 18.6 Å². The molecule has 2 N–H and O–H groups in total. The van der Waals surface area contributed by atoms with E-state index in [-0.39, 0.29) is 100 Å². The third-order valence-corrected chi connectivity index (χ3v) is 18.1. The average molecular weight is 1150 g/mol. The highest BCUT2D eigenvalue weighted by Gasteiger charge is 2.48. The van der Waals surface area contributed by atoms with Crippen molar-refractivity contribution in [3.63, 3.8) is 0 Å². The lowest BCUT2D eigenvalue weighted by molar-refractivity contribution is -0.138. The van der Waals surface area contributed by atoms with E-state index in [1.165, 1.54) is 30.5 Å². The number of aromatic nitrogens is 5. The van der Waals surface area contributed by atoms with Gasteiger partial charge in [-0.3, -0.25) is 24.4 Å². The summed E-state index contributed by atoms with van der Waals surface area (Å²) in [5.41, 5.74) is 4.09. The summed E-state index contributed by atoms with van der Waals surface area (Å²) in [5.74, 6) is 1.46. The van der Waals surface area contributed by atoms with Crippen molar-refractivity contribution in [1.29, 1.82) is 0 Å². The monoisotopic (exact) mass is 1150 g/mol. The highest BCUT2D eigenvalue weighted by molar-refractivity contribution is 7.13. The zero-order valence-electron chi connectivity index (χ0n) is 47.1. The molecule has 7 aromatic rings. The van der Waals surface area contributed by atoms with E-state index in [0.717, 1.165) is 79.7 Å². The van der Waals surface area contributed by atoms with Gasteiger partial charge in [0.05, 0.1) is 51.6 Å². The number of hydrogen-bond acceptors (Lipinski definition) is 16. The fourth-order valence-electron chi connectivity index (χ4n) is 13.0. The molecule has 2 bridgehead atoms. The molecule has 4 aromatic heterocycles. The molecule has 0 radical (unpaired) electrons. The molecule has 432 valence electrons. The van der Waals surface area contributed by atoms with Gasteiger partial charge in [-0.15, -0.1) is 17.8 Å². The maximum Gasteiger partial charge on any atom is 0.410 e. The second-order valence-electron chi connectivity index (χ2n) is 23.9. The molecule has 5 fully saturated rings. The van der Waals surface area contributed by atoms with Crippen LogP contribution < -0.4 is 19.7 Å². The third kappa shape index (κ3) is 11.2. The molecular formula is C62H66F2N10O8S. The number of aryl methyl sites for hydroxylation is 1. The number of pyridine rings is 1. The second-order valence-corrected chi connectivity index (χ2v) is 24.7. The topological polar surface area (TPSA) is 202 Å². The molecule has 4 atom stereocenters. The molecule has 21 heteroatoms. The summed E-state index contributed by atoms with van der Waals surface area (Å²) in [6, 6.07) is 14.0. The van der Waals surface area contributed by atoms with E-state index in [1.54, 1.807) is 22.3 Å². The number of piperazine rings is 1. The van der Waals surface area contributed by atoms with E-state index >= 15 is 8.78 Å². The molecule has 1 saturated carbocycles. The summed E-state index contributed by atoms with van der Waals surface area (Å²) in [6.45, 7) is 13.2. The number of fused-ring (bicyclic) bond motifs is 4. The predicted octanol–water partition coefficient (Wildman–Crippen LogP) is 9.93. The standard InChI is InChI=1S/C62H66F2N10O8S/c1-7-45-48(63)17-14-39-25-42(75)26-46(52(39)45)54-53(64)55-47(31-65-54)57(72-32-40-15-16-41(33-72)74(40)60(78)81-61(4,5)6)69-59(68-55)79-24-23-71-21-18-62(19-22-71)29-44(30-62)80-50-27-43(82-70-50)28-51(76)73-20-8-9-49(73)58(77)67-35(2)37-10-12-38(13-11-37)56-36(3)66-34-83-56/h1,10-14,17,25-27,31,34-35,40-41,44,49,75H,8-9,15-16,18-24,28-30,32-33H2,2-6H3,(H,67,77). The van der Waals surface area contributed by atoms with Crippen molar-refractivity contribution in [3.8, 4) is 51.7 Å². The molecule has 3 amide bonds. The maximum atomic E-state index is 17.3. The van der Waals surface area contributed by atoms with Crippen LogP contribution in [0, 0.1) is 36.3 Å². The van der Waals surface area contributed by atoms with Gasteiger partial charge in [-0.2, -0.15) is 9.97 Å². The number of aromatic hydroxyl groups is 1. The number of phenols is 1. The smallest absolute Gasteiger partial charge is 0.410 e. The first kappa shape index (κ1) is 55.6. The largest absolute Gasteiger partial charge is 0.508 e.